The Morgan fingerprint density at radius 1 is 1.19 bits per heavy atom. The number of imidazole rings is 1. The summed E-state index contributed by atoms with van der Waals surface area (Å²) >= 11 is 3.47. The van der Waals surface area contributed by atoms with Crippen molar-refractivity contribution in [3.63, 3.8) is 0 Å². The van der Waals surface area contributed by atoms with Crippen LogP contribution in [-0.2, 0) is 14.1 Å². The summed E-state index contributed by atoms with van der Waals surface area (Å²) in [5, 5.41) is 0. The third kappa shape index (κ3) is 1.46. The fourth-order valence-corrected chi connectivity index (χ4v) is 2.37. The molecule has 1 aromatic heterocycles. The molecule has 0 aliphatic carbocycles. The number of nitrogens with zero attached hydrogens (tertiary/aromatic N) is 3. The minimum atomic E-state index is -0.00352. The number of halogens is 1. The van der Waals surface area contributed by atoms with Crippen LogP contribution < -0.4 is 10.6 Å². The van der Waals surface area contributed by atoms with Gasteiger partial charge in [0.05, 0.1) is 16.7 Å². The number of hydrogen-bond donors (Lipinski definition) is 0. The predicted octanol–water partition coefficient (Wildman–Crippen LogP) is 1.71. The lowest BCUT2D eigenvalue weighted by molar-refractivity contribution is 0.794. The maximum atomic E-state index is 11.9. The van der Waals surface area contributed by atoms with Crippen LogP contribution in [0.15, 0.2) is 21.4 Å². The molecule has 5 heteroatoms. The summed E-state index contributed by atoms with van der Waals surface area (Å²) in [6, 6.07) is 3.98. The molecule has 0 bridgehead atoms. The largest absolute Gasteiger partial charge is 0.376 e. The van der Waals surface area contributed by atoms with Crippen LogP contribution in [0.4, 0.5) is 5.69 Å². The molecule has 0 amide bonds. The van der Waals surface area contributed by atoms with Crippen LogP contribution in [0.1, 0.15) is 0 Å². The number of anilines is 1. The molecule has 0 radical (unpaired) electrons. The number of hydrogen-bond acceptors (Lipinski definition) is 2. The second-order valence-corrected chi connectivity index (χ2v) is 5.00. The van der Waals surface area contributed by atoms with Gasteiger partial charge in [-0.25, -0.2) is 4.79 Å². The SMILES string of the molecule is CN(C)c1cc(Br)cc2c1n(C)c(=O)n2C. The van der Waals surface area contributed by atoms with Gasteiger partial charge in [-0.1, -0.05) is 15.9 Å². The molecule has 1 aromatic carbocycles. The fraction of sp³-hybridized carbons (Fsp3) is 0.364. The zero-order chi connectivity index (χ0) is 12.0. The summed E-state index contributed by atoms with van der Waals surface area (Å²) in [6.07, 6.45) is 0. The second-order valence-electron chi connectivity index (χ2n) is 4.09. The molecule has 86 valence electrons. The van der Waals surface area contributed by atoms with Crippen LogP contribution in [0.3, 0.4) is 0 Å². The van der Waals surface area contributed by atoms with E-state index >= 15 is 0 Å². The van der Waals surface area contributed by atoms with Gasteiger partial charge in [0.15, 0.2) is 0 Å². The Labute approximate surface area is 102 Å². The topological polar surface area (TPSA) is 30.2 Å². The van der Waals surface area contributed by atoms with Gasteiger partial charge in [0, 0.05) is 32.7 Å². The van der Waals surface area contributed by atoms with Crippen LogP contribution in [0.5, 0.6) is 0 Å². The average molecular weight is 284 g/mol. The Morgan fingerprint density at radius 2 is 1.81 bits per heavy atom. The number of benzene rings is 1. The summed E-state index contributed by atoms with van der Waals surface area (Å²) in [4.78, 5) is 13.9. The Bertz CT molecular complexity index is 610. The zero-order valence-corrected chi connectivity index (χ0v) is 11.4. The smallest absolute Gasteiger partial charge is 0.328 e. The Kier molecular flexibility index (Phi) is 2.58. The molecule has 2 aromatic rings. The maximum Gasteiger partial charge on any atom is 0.328 e. The minimum Gasteiger partial charge on any atom is -0.376 e. The molecule has 0 aliphatic heterocycles. The van der Waals surface area contributed by atoms with E-state index in [4.69, 9.17) is 0 Å². The van der Waals surface area contributed by atoms with Crippen molar-refractivity contribution in [2.45, 2.75) is 0 Å². The molecule has 16 heavy (non-hydrogen) atoms. The van der Waals surface area contributed by atoms with Crippen LogP contribution >= 0.6 is 15.9 Å². The first-order chi connectivity index (χ1) is 7.43. The van der Waals surface area contributed by atoms with Gasteiger partial charge in [0.1, 0.15) is 0 Å². The molecule has 0 fully saturated rings. The van der Waals surface area contributed by atoms with Crippen molar-refractivity contribution in [2.75, 3.05) is 19.0 Å². The van der Waals surface area contributed by atoms with Crippen LogP contribution in [0.25, 0.3) is 11.0 Å². The molecule has 4 nitrogen and oxygen atoms in total. The zero-order valence-electron chi connectivity index (χ0n) is 9.78. The Hall–Kier alpha value is -1.23. The fourth-order valence-electron chi connectivity index (χ4n) is 1.93. The summed E-state index contributed by atoms with van der Waals surface area (Å²) < 4.78 is 4.31. The van der Waals surface area contributed by atoms with Crippen molar-refractivity contribution in [1.29, 1.82) is 0 Å². The van der Waals surface area contributed by atoms with Crippen molar-refractivity contribution in [2.24, 2.45) is 14.1 Å². The third-order valence-electron chi connectivity index (χ3n) is 2.79. The Balaban J connectivity index is 3.02. The van der Waals surface area contributed by atoms with Gasteiger partial charge in [0.2, 0.25) is 0 Å². The minimum absolute atomic E-state index is 0.00352. The molecule has 0 saturated carbocycles. The summed E-state index contributed by atoms with van der Waals surface area (Å²) in [7, 11) is 7.53. The monoisotopic (exact) mass is 283 g/mol. The molecule has 0 spiro atoms. The van der Waals surface area contributed by atoms with Crippen LogP contribution in [0.2, 0.25) is 0 Å². The highest BCUT2D eigenvalue weighted by molar-refractivity contribution is 9.10. The normalized spacial score (nSPS) is 11.1. The van der Waals surface area contributed by atoms with E-state index in [1.165, 1.54) is 0 Å². The molecular formula is C11H14BrN3O. The van der Waals surface area contributed by atoms with Crippen LogP contribution in [0, 0.1) is 0 Å². The molecule has 0 unspecified atom stereocenters. The van der Waals surface area contributed by atoms with E-state index in [0.29, 0.717) is 0 Å². The number of fused-ring (bicyclic) bond motifs is 1. The van der Waals surface area contributed by atoms with E-state index in [2.05, 4.69) is 15.9 Å². The summed E-state index contributed by atoms with van der Waals surface area (Å²) in [6.45, 7) is 0. The highest BCUT2D eigenvalue weighted by Gasteiger charge is 2.13. The lowest BCUT2D eigenvalue weighted by Crippen LogP contribution is -2.19. The second kappa shape index (κ2) is 3.66. The van der Waals surface area contributed by atoms with Gasteiger partial charge in [-0.2, -0.15) is 0 Å². The van der Waals surface area contributed by atoms with Gasteiger partial charge < -0.3 is 4.90 Å². The van der Waals surface area contributed by atoms with Gasteiger partial charge in [-0.3, -0.25) is 9.13 Å². The van der Waals surface area contributed by atoms with Gasteiger partial charge in [-0.05, 0) is 12.1 Å². The van der Waals surface area contributed by atoms with Crippen molar-refractivity contribution in [3.8, 4) is 0 Å². The average Bonchev–Trinajstić information content (AvgIpc) is 2.43. The first kappa shape index (κ1) is 11.3. The van der Waals surface area contributed by atoms with E-state index < -0.39 is 0 Å². The van der Waals surface area contributed by atoms with Crippen molar-refractivity contribution < 1.29 is 0 Å². The van der Waals surface area contributed by atoms with Gasteiger partial charge in [0.25, 0.3) is 0 Å². The lowest BCUT2D eigenvalue weighted by Gasteiger charge is -2.15. The number of rotatable bonds is 1. The summed E-state index contributed by atoms with van der Waals surface area (Å²) in [5.74, 6) is 0. The van der Waals surface area contributed by atoms with E-state index in [1.807, 2.05) is 31.1 Å². The van der Waals surface area contributed by atoms with E-state index in [0.717, 1.165) is 21.2 Å². The molecule has 1 heterocycles. The standard InChI is InChI=1S/C11H14BrN3O/c1-13(2)8-5-7(12)6-9-10(8)15(4)11(16)14(9)3/h5-6H,1-4H3. The Morgan fingerprint density at radius 3 is 2.38 bits per heavy atom. The van der Waals surface area contributed by atoms with Crippen molar-refractivity contribution in [1.82, 2.24) is 9.13 Å². The summed E-state index contributed by atoms with van der Waals surface area (Å²) in [5.41, 5.74) is 2.92. The first-order valence-corrected chi connectivity index (χ1v) is 5.75. The molecule has 0 N–H and O–H groups in total. The number of aromatic nitrogens is 2. The quantitative estimate of drug-likeness (QED) is 0.798. The van der Waals surface area contributed by atoms with Crippen LogP contribution in [-0.4, -0.2) is 23.2 Å². The molecule has 0 aliphatic rings. The lowest BCUT2D eigenvalue weighted by atomic mass is 10.2. The third-order valence-corrected chi connectivity index (χ3v) is 3.24. The molecule has 2 rings (SSSR count). The predicted molar refractivity (Wildman–Crippen MR) is 70.2 cm³/mol. The van der Waals surface area contributed by atoms with Gasteiger partial charge in [-0.15, -0.1) is 0 Å². The molecular weight excluding hydrogens is 270 g/mol. The molecule has 0 atom stereocenters. The number of aryl methyl sites for hydroxylation is 2. The first-order valence-electron chi connectivity index (χ1n) is 4.95. The van der Waals surface area contributed by atoms with E-state index in [-0.39, 0.29) is 5.69 Å². The van der Waals surface area contributed by atoms with Gasteiger partial charge >= 0.3 is 5.69 Å². The van der Waals surface area contributed by atoms with Crippen molar-refractivity contribution in [3.05, 3.63) is 27.1 Å². The van der Waals surface area contributed by atoms with E-state index in [9.17, 15) is 4.79 Å². The maximum absolute atomic E-state index is 11.9. The highest BCUT2D eigenvalue weighted by atomic mass is 79.9. The van der Waals surface area contributed by atoms with E-state index in [1.54, 1.807) is 23.2 Å². The highest BCUT2D eigenvalue weighted by Crippen LogP contribution is 2.28. The van der Waals surface area contributed by atoms with Crippen molar-refractivity contribution >= 4 is 32.7 Å². The molecule has 0 saturated heterocycles.